The summed E-state index contributed by atoms with van der Waals surface area (Å²) >= 11 is 0. The standard InChI is InChI=1S/C29H25S/c1-3-5-14-23-15-10-12-21-28(26(23)4-2)30(25-18-7-6-8-19-25)29-22-13-17-24-16-9-11-20-27(24)29/h3,5-9,11-14,16-23H,1,4H2,2H3/q+1/b14-5-. The van der Waals surface area contributed by atoms with Crippen LogP contribution in [-0.2, 0) is 10.9 Å². The van der Waals surface area contributed by atoms with Crippen LogP contribution in [0.1, 0.15) is 13.3 Å². The molecule has 4 rings (SSSR count). The molecule has 0 radical (unpaired) electrons. The summed E-state index contributed by atoms with van der Waals surface area (Å²) in [6.45, 7) is 6.07. The van der Waals surface area contributed by atoms with E-state index >= 15 is 0 Å². The van der Waals surface area contributed by atoms with Crippen molar-refractivity contribution >= 4 is 21.7 Å². The molecule has 0 bridgehead atoms. The number of rotatable bonds is 6. The number of benzene rings is 3. The molecule has 0 nitrogen and oxygen atoms in total. The Morgan fingerprint density at radius 2 is 1.73 bits per heavy atom. The zero-order chi connectivity index (χ0) is 20.8. The van der Waals surface area contributed by atoms with Gasteiger partial charge in [-0.25, -0.2) is 0 Å². The molecule has 2 atom stereocenters. The fourth-order valence-electron chi connectivity index (χ4n) is 3.85. The summed E-state index contributed by atoms with van der Waals surface area (Å²) in [4.78, 5) is 4.04. The van der Waals surface area contributed by atoms with E-state index in [4.69, 9.17) is 0 Å². The molecule has 0 amide bonds. The summed E-state index contributed by atoms with van der Waals surface area (Å²) in [5, 5.41) is 2.59. The van der Waals surface area contributed by atoms with Crippen molar-refractivity contribution in [2.75, 3.05) is 0 Å². The number of hydrogen-bond acceptors (Lipinski definition) is 0. The molecule has 0 spiro atoms. The summed E-state index contributed by atoms with van der Waals surface area (Å²) in [6, 6.07) is 26.2. The van der Waals surface area contributed by atoms with Gasteiger partial charge in [-0.1, -0.05) is 92.1 Å². The highest BCUT2D eigenvalue weighted by molar-refractivity contribution is 8.01. The molecule has 0 fully saturated rings. The van der Waals surface area contributed by atoms with E-state index in [-0.39, 0.29) is 16.8 Å². The summed E-state index contributed by atoms with van der Waals surface area (Å²) in [7, 11) is -0.226. The summed E-state index contributed by atoms with van der Waals surface area (Å²) < 4.78 is 0. The van der Waals surface area contributed by atoms with Crippen LogP contribution < -0.4 is 0 Å². The third kappa shape index (κ3) is 4.06. The van der Waals surface area contributed by atoms with Gasteiger partial charge in [-0.15, -0.1) is 0 Å². The molecule has 146 valence electrons. The van der Waals surface area contributed by atoms with E-state index < -0.39 is 0 Å². The van der Waals surface area contributed by atoms with Crippen molar-refractivity contribution in [2.24, 2.45) is 5.92 Å². The molecule has 0 saturated heterocycles. The highest BCUT2D eigenvalue weighted by atomic mass is 32.2. The van der Waals surface area contributed by atoms with Gasteiger partial charge >= 0.3 is 0 Å². The molecule has 2 unspecified atom stereocenters. The number of fused-ring (bicyclic) bond motifs is 1. The lowest BCUT2D eigenvalue weighted by Crippen LogP contribution is -2.12. The zero-order valence-corrected chi connectivity index (χ0v) is 18.0. The maximum atomic E-state index is 3.84. The topological polar surface area (TPSA) is 0 Å². The average molecular weight is 406 g/mol. The van der Waals surface area contributed by atoms with E-state index in [1.807, 2.05) is 18.2 Å². The fraction of sp³-hybridized carbons (Fsp3) is 0.103. The van der Waals surface area contributed by atoms with E-state index in [2.05, 4.69) is 110 Å². The Morgan fingerprint density at radius 1 is 0.967 bits per heavy atom. The van der Waals surface area contributed by atoms with Crippen molar-refractivity contribution in [1.29, 1.82) is 0 Å². The highest BCUT2D eigenvalue weighted by Crippen LogP contribution is 2.39. The molecule has 0 aromatic heterocycles. The van der Waals surface area contributed by atoms with Gasteiger partial charge in [0, 0.05) is 17.0 Å². The first-order valence-electron chi connectivity index (χ1n) is 10.3. The maximum absolute atomic E-state index is 3.84. The molecule has 1 aliphatic carbocycles. The maximum Gasteiger partial charge on any atom is 0.174 e. The van der Waals surface area contributed by atoms with Crippen molar-refractivity contribution in [3.05, 3.63) is 120 Å². The largest absolute Gasteiger partial charge is 0.174 e. The van der Waals surface area contributed by atoms with Crippen molar-refractivity contribution in [1.82, 2.24) is 0 Å². The number of allylic oxidation sites excluding steroid dienone is 6. The van der Waals surface area contributed by atoms with Gasteiger partial charge in [-0.3, -0.25) is 0 Å². The Kier molecular flexibility index (Phi) is 6.38. The average Bonchev–Trinajstić information content (AvgIpc) is 3.00. The van der Waals surface area contributed by atoms with Crippen LogP contribution in [0.25, 0.3) is 10.8 Å². The molecule has 0 N–H and O–H groups in total. The molecule has 0 aliphatic heterocycles. The van der Waals surface area contributed by atoms with Gasteiger partial charge in [0.1, 0.15) is 0 Å². The van der Waals surface area contributed by atoms with Crippen LogP contribution in [0.3, 0.4) is 0 Å². The Bertz CT molecular complexity index is 1190. The van der Waals surface area contributed by atoms with Gasteiger partial charge in [0.25, 0.3) is 0 Å². The summed E-state index contributed by atoms with van der Waals surface area (Å²) in [5.41, 5.74) is 1.38. The molecule has 30 heavy (non-hydrogen) atoms. The van der Waals surface area contributed by atoms with Crippen molar-refractivity contribution < 1.29 is 0 Å². The Labute approximate surface area is 182 Å². The van der Waals surface area contributed by atoms with E-state index in [9.17, 15) is 0 Å². The molecular formula is C29H25S+. The molecule has 1 heteroatoms. The van der Waals surface area contributed by atoms with E-state index in [1.165, 1.54) is 31.0 Å². The third-order valence-electron chi connectivity index (χ3n) is 5.24. The van der Waals surface area contributed by atoms with E-state index in [0.717, 1.165) is 6.42 Å². The minimum Gasteiger partial charge on any atom is -0.0991 e. The van der Waals surface area contributed by atoms with E-state index in [0.29, 0.717) is 0 Å². The Morgan fingerprint density at radius 3 is 2.53 bits per heavy atom. The quantitative estimate of drug-likeness (QED) is 0.227. The van der Waals surface area contributed by atoms with Crippen molar-refractivity contribution in [2.45, 2.75) is 23.1 Å². The van der Waals surface area contributed by atoms with Crippen LogP contribution in [0.4, 0.5) is 0 Å². The molecule has 3 aromatic carbocycles. The van der Waals surface area contributed by atoms with Crippen LogP contribution in [0.5, 0.6) is 0 Å². The first-order valence-corrected chi connectivity index (χ1v) is 11.5. The molecule has 0 saturated carbocycles. The first-order chi connectivity index (χ1) is 14.8. The van der Waals surface area contributed by atoms with E-state index in [1.54, 1.807) is 0 Å². The predicted molar refractivity (Wildman–Crippen MR) is 131 cm³/mol. The molecule has 1 aliphatic rings. The SMILES string of the molecule is C=C/C=C\C1C#CC=CC([S+](c2ccccc2)c2cccc3ccccc23)=C1CC. The predicted octanol–water partition coefficient (Wildman–Crippen LogP) is 7.47. The zero-order valence-electron chi connectivity index (χ0n) is 17.2. The van der Waals surface area contributed by atoms with Gasteiger partial charge in [-0.05, 0) is 42.1 Å². The summed E-state index contributed by atoms with van der Waals surface area (Å²) in [6.07, 6.45) is 11.2. The first kappa shape index (κ1) is 20.1. The highest BCUT2D eigenvalue weighted by Gasteiger charge is 2.35. The minimum atomic E-state index is -0.226. The molecule has 3 aromatic rings. The normalized spacial score (nSPS) is 16.9. The second-order valence-corrected chi connectivity index (χ2v) is 9.02. The van der Waals surface area contributed by atoms with Crippen LogP contribution in [-0.4, -0.2) is 0 Å². The monoisotopic (exact) mass is 405 g/mol. The lowest BCUT2D eigenvalue weighted by Gasteiger charge is -2.16. The Hall–Kier alpha value is -3.21. The van der Waals surface area contributed by atoms with Crippen LogP contribution >= 0.6 is 0 Å². The lowest BCUT2D eigenvalue weighted by molar-refractivity contribution is 0.909. The fourth-order valence-corrected chi connectivity index (χ4v) is 6.38. The van der Waals surface area contributed by atoms with Gasteiger partial charge < -0.3 is 0 Å². The third-order valence-corrected chi connectivity index (χ3v) is 7.62. The van der Waals surface area contributed by atoms with Crippen molar-refractivity contribution in [3.8, 4) is 11.8 Å². The van der Waals surface area contributed by atoms with Gasteiger partial charge in [0.2, 0.25) is 0 Å². The van der Waals surface area contributed by atoms with Gasteiger partial charge in [0.05, 0.1) is 16.8 Å². The molecule has 0 heterocycles. The van der Waals surface area contributed by atoms with Crippen LogP contribution in [0.2, 0.25) is 0 Å². The second-order valence-electron chi connectivity index (χ2n) is 7.06. The molecular weight excluding hydrogens is 380 g/mol. The van der Waals surface area contributed by atoms with Gasteiger partial charge in [0.15, 0.2) is 14.7 Å². The number of hydrogen-bond donors (Lipinski definition) is 0. The minimum absolute atomic E-state index is 0.103. The summed E-state index contributed by atoms with van der Waals surface area (Å²) in [5.74, 6) is 6.76. The van der Waals surface area contributed by atoms with Crippen molar-refractivity contribution in [3.63, 3.8) is 0 Å². The van der Waals surface area contributed by atoms with Gasteiger partial charge in [-0.2, -0.15) is 0 Å². The smallest absolute Gasteiger partial charge is 0.0991 e. The van der Waals surface area contributed by atoms with Crippen LogP contribution in [0, 0.1) is 17.8 Å². The van der Waals surface area contributed by atoms with Crippen LogP contribution in [0.15, 0.2) is 130 Å². The second kappa shape index (κ2) is 9.53. The lowest BCUT2D eigenvalue weighted by atomic mass is 9.97. The Balaban J connectivity index is 2.00.